The summed E-state index contributed by atoms with van der Waals surface area (Å²) >= 11 is 0. The van der Waals surface area contributed by atoms with Gasteiger partial charge in [-0.2, -0.15) is 0 Å². The van der Waals surface area contributed by atoms with Crippen molar-refractivity contribution in [2.75, 3.05) is 13.2 Å². The number of unbranched alkanes of at least 4 members (excludes halogenated alkanes) is 46. The largest absolute Gasteiger partial charge is 0.466 e. The maximum absolute atomic E-state index is 12.5. The minimum atomic E-state index is -0.845. The lowest BCUT2D eigenvalue weighted by Gasteiger charge is -2.20. The fourth-order valence-electron chi connectivity index (χ4n) is 9.87. The lowest BCUT2D eigenvalue weighted by Crippen LogP contribution is -2.45. The molecule has 6 nitrogen and oxygen atoms in total. The van der Waals surface area contributed by atoms with Crippen LogP contribution >= 0.6 is 0 Å². The Morgan fingerprint density at radius 3 is 1.01 bits per heavy atom. The van der Waals surface area contributed by atoms with Crippen molar-refractivity contribution in [1.29, 1.82) is 0 Å². The molecule has 0 heterocycles. The van der Waals surface area contributed by atoms with E-state index in [0.29, 0.717) is 19.4 Å². The molecule has 0 aliphatic rings. The minimum Gasteiger partial charge on any atom is -0.466 e. The van der Waals surface area contributed by atoms with Gasteiger partial charge in [0, 0.05) is 12.8 Å². The molecule has 414 valence electrons. The fourth-order valence-corrected chi connectivity index (χ4v) is 9.87. The molecule has 0 aromatic rings. The van der Waals surface area contributed by atoms with Gasteiger partial charge in [0.05, 0.1) is 25.4 Å². The zero-order valence-corrected chi connectivity index (χ0v) is 47.3. The van der Waals surface area contributed by atoms with E-state index in [0.717, 1.165) is 38.5 Å². The van der Waals surface area contributed by atoms with Crippen LogP contribution in [0.3, 0.4) is 0 Å². The van der Waals surface area contributed by atoms with Gasteiger partial charge in [-0.1, -0.05) is 301 Å². The van der Waals surface area contributed by atoms with Gasteiger partial charge < -0.3 is 20.3 Å². The van der Waals surface area contributed by atoms with Crippen LogP contribution in [0.25, 0.3) is 0 Å². The van der Waals surface area contributed by atoms with Crippen LogP contribution in [-0.4, -0.2) is 47.4 Å². The summed E-state index contributed by atoms with van der Waals surface area (Å²) in [6.07, 6.45) is 73.7. The molecule has 0 fully saturated rings. The quantitative estimate of drug-likeness (QED) is 0.0321. The summed E-state index contributed by atoms with van der Waals surface area (Å²) in [6.45, 7) is 4.92. The summed E-state index contributed by atoms with van der Waals surface area (Å²) < 4.78 is 5.48. The van der Waals surface area contributed by atoms with E-state index < -0.39 is 12.1 Å². The van der Waals surface area contributed by atoms with Crippen LogP contribution in [-0.2, 0) is 14.3 Å². The number of hydrogen-bond acceptors (Lipinski definition) is 5. The first-order valence-corrected chi connectivity index (χ1v) is 31.6. The molecule has 3 N–H and O–H groups in total. The highest BCUT2D eigenvalue weighted by molar-refractivity contribution is 5.76. The molecule has 2 unspecified atom stereocenters. The second-order valence-corrected chi connectivity index (χ2v) is 21.7. The standard InChI is InChI=1S/C64H123NO5/c1-3-5-7-9-11-13-15-17-33-36-40-44-48-52-56-62(67)61(60-66)65-63(68)57-53-49-45-41-37-34-30-28-26-24-22-20-18-19-21-23-25-27-29-31-35-39-43-47-51-55-59-70-64(69)58-54-50-46-42-38-32-16-14-12-10-8-6-4-2/h18,20,52,56,61-62,66-67H,3-17,19,21-51,53-55,57-60H2,1-2H3,(H,65,68)/b20-18-,56-52+. The number of hydrogen-bond donors (Lipinski definition) is 3. The van der Waals surface area contributed by atoms with Crippen LogP contribution < -0.4 is 5.32 Å². The van der Waals surface area contributed by atoms with Crippen molar-refractivity contribution in [2.45, 2.75) is 360 Å². The van der Waals surface area contributed by atoms with E-state index in [1.165, 1.54) is 283 Å². The van der Waals surface area contributed by atoms with E-state index in [1.54, 1.807) is 6.08 Å². The second-order valence-electron chi connectivity index (χ2n) is 21.7. The highest BCUT2D eigenvalue weighted by atomic mass is 16.5. The number of allylic oxidation sites excluding steroid dienone is 3. The van der Waals surface area contributed by atoms with Gasteiger partial charge in [-0.25, -0.2) is 0 Å². The molecule has 1 amide bonds. The Morgan fingerprint density at radius 2 is 0.671 bits per heavy atom. The van der Waals surface area contributed by atoms with Gasteiger partial charge in [-0.3, -0.25) is 9.59 Å². The van der Waals surface area contributed by atoms with E-state index in [4.69, 9.17) is 4.74 Å². The average Bonchev–Trinajstić information content (AvgIpc) is 3.36. The minimum absolute atomic E-state index is 0.0157. The molecule has 0 aliphatic carbocycles. The molecule has 0 spiro atoms. The Bertz CT molecular complexity index is 1090. The van der Waals surface area contributed by atoms with Gasteiger partial charge in [0.2, 0.25) is 5.91 Å². The molecule has 70 heavy (non-hydrogen) atoms. The number of aliphatic hydroxyl groups is 2. The third-order valence-electron chi connectivity index (χ3n) is 14.7. The molecular weight excluding hydrogens is 863 g/mol. The Balaban J connectivity index is 3.40. The van der Waals surface area contributed by atoms with E-state index >= 15 is 0 Å². The van der Waals surface area contributed by atoms with Crippen molar-refractivity contribution in [3.63, 3.8) is 0 Å². The molecular formula is C64H123NO5. The summed E-state index contributed by atoms with van der Waals surface area (Å²) in [4.78, 5) is 24.5. The maximum atomic E-state index is 12.5. The van der Waals surface area contributed by atoms with Gasteiger partial charge in [0.1, 0.15) is 0 Å². The zero-order valence-electron chi connectivity index (χ0n) is 47.3. The zero-order chi connectivity index (χ0) is 50.7. The monoisotopic (exact) mass is 986 g/mol. The number of ether oxygens (including phenoxy) is 1. The highest BCUT2D eigenvalue weighted by Gasteiger charge is 2.18. The molecule has 0 aromatic heterocycles. The molecule has 6 heteroatoms. The number of carbonyl (C=O) groups is 2. The van der Waals surface area contributed by atoms with Crippen molar-refractivity contribution >= 4 is 11.9 Å². The normalized spacial score (nSPS) is 12.7. The number of nitrogens with one attached hydrogen (secondary N) is 1. The third kappa shape index (κ3) is 55.7. The number of esters is 1. The van der Waals surface area contributed by atoms with Crippen molar-refractivity contribution in [3.05, 3.63) is 24.3 Å². The summed E-state index contributed by atoms with van der Waals surface area (Å²) in [6, 6.07) is -0.628. The maximum Gasteiger partial charge on any atom is 0.305 e. The summed E-state index contributed by atoms with van der Waals surface area (Å²) in [5.41, 5.74) is 0. The van der Waals surface area contributed by atoms with Crippen molar-refractivity contribution in [2.24, 2.45) is 0 Å². The smallest absolute Gasteiger partial charge is 0.305 e. The molecule has 0 saturated heterocycles. The summed E-state index contributed by atoms with van der Waals surface area (Å²) in [7, 11) is 0. The van der Waals surface area contributed by atoms with E-state index in [9.17, 15) is 19.8 Å². The number of carbonyl (C=O) groups excluding carboxylic acids is 2. The van der Waals surface area contributed by atoms with Gasteiger partial charge in [-0.15, -0.1) is 0 Å². The average molecular weight is 987 g/mol. The van der Waals surface area contributed by atoms with E-state index in [1.807, 2.05) is 6.08 Å². The first kappa shape index (κ1) is 68.3. The number of aliphatic hydroxyl groups excluding tert-OH is 2. The predicted octanol–water partition coefficient (Wildman–Crippen LogP) is 19.8. The van der Waals surface area contributed by atoms with Crippen LogP contribution in [0.2, 0.25) is 0 Å². The first-order chi connectivity index (χ1) is 34.5. The molecule has 0 radical (unpaired) electrons. The molecule has 0 rings (SSSR count). The first-order valence-electron chi connectivity index (χ1n) is 31.6. The Labute approximate surface area is 437 Å². The van der Waals surface area contributed by atoms with Gasteiger partial charge in [0.15, 0.2) is 0 Å². The van der Waals surface area contributed by atoms with Gasteiger partial charge in [0.25, 0.3) is 0 Å². The topological polar surface area (TPSA) is 95.9 Å². The summed E-state index contributed by atoms with van der Waals surface area (Å²) in [5.74, 6) is -0.0528. The van der Waals surface area contributed by atoms with Crippen LogP contribution in [0.5, 0.6) is 0 Å². The highest BCUT2D eigenvalue weighted by Crippen LogP contribution is 2.17. The van der Waals surface area contributed by atoms with Crippen molar-refractivity contribution < 1.29 is 24.5 Å². The van der Waals surface area contributed by atoms with Crippen LogP contribution in [0.4, 0.5) is 0 Å². The lowest BCUT2D eigenvalue weighted by molar-refractivity contribution is -0.143. The Kier molecular flexibility index (Phi) is 58.5. The summed E-state index contributed by atoms with van der Waals surface area (Å²) in [5, 5.41) is 23.1. The van der Waals surface area contributed by atoms with Crippen molar-refractivity contribution in [3.8, 4) is 0 Å². The van der Waals surface area contributed by atoms with Gasteiger partial charge in [-0.05, 0) is 57.8 Å². The molecule has 2 atom stereocenters. The number of amides is 1. The van der Waals surface area contributed by atoms with Gasteiger partial charge >= 0.3 is 5.97 Å². The van der Waals surface area contributed by atoms with Crippen LogP contribution in [0, 0.1) is 0 Å². The van der Waals surface area contributed by atoms with Crippen LogP contribution in [0.1, 0.15) is 348 Å². The lowest BCUT2D eigenvalue weighted by atomic mass is 10.0. The van der Waals surface area contributed by atoms with E-state index in [2.05, 4.69) is 31.3 Å². The molecule has 0 saturated carbocycles. The molecule has 0 aromatic carbocycles. The Hall–Kier alpha value is -1.66. The molecule has 0 bridgehead atoms. The third-order valence-corrected chi connectivity index (χ3v) is 14.7. The SMILES string of the molecule is CCCCCCCCCCCCCC/C=C/C(O)C(CO)NC(=O)CCCCCCCCCCCC/C=C\CCCCCCCCCCCCCCOC(=O)CCCCCCCCCCCCCCC. The molecule has 0 aliphatic heterocycles. The van der Waals surface area contributed by atoms with Crippen LogP contribution in [0.15, 0.2) is 24.3 Å². The number of rotatable bonds is 59. The fraction of sp³-hybridized carbons (Fsp3) is 0.906. The Morgan fingerprint density at radius 1 is 0.386 bits per heavy atom. The van der Waals surface area contributed by atoms with E-state index in [-0.39, 0.29) is 18.5 Å². The second kappa shape index (κ2) is 59.9. The van der Waals surface area contributed by atoms with Crippen molar-refractivity contribution in [1.82, 2.24) is 5.32 Å². The predicted molar refractivity (Wildman–Crippen MR) is 306 cm³/mol.